The molecule has 0 aliphatic carbocycles. The first-order chi connectivity index (χ1) is 22.9. The van der Waals surface area contributed by atoms with Gasteiger partial charge in [-0.1, -0.05) is 0 Å². The quantitative estimate of drug-likeness (QED) is 0.131. The summed E-state index contributed by atoms with van der Waals surface area (Å²) in [5.41, 5.74) is -1.08. The summed E-state index contributed by atoms with van der Waals surface area (Å²) in [5, 5.41) is -28.1. The van der Waals surface area contributed by atoms with Gasteiger partial charge in [-0.05, 0) is 17.7 Å². The number of carbonyl (C=O) groups excluding carboxylic acids is 1. The number of carbonyl (C=O) groups is 1. The van der Waals surface area contributed by atoms with Crippen molar-refractivity contribution < 1.29 is 116 Å². The Bertz CT molecular complexity index is 2150. The summed E-state index contributed by atoms with van der Waals surface area (Å²) in [6.07, 6.45) is -0.545. The topological polar surface area (TPSA) is 276 Å². The molecule has 1 amide bonds. The van der Waals surface area contributed by atoms with Crippen LogP contribution in [-0.2, 0) is 71.7 Å². The highest BCUT2D eigenvalue weighted by molar-refractivity contribution is 8.05. The Balaban J connectivity index is 3.89. The molecule has 0 saturated heterocycles. The Hall–Kier alpha value is -2.93. The maximum atomic E-state index is 14.5. The molecule has 0 atom stereocenters. The molecule has 0 aromatic heterocycles. The fourth-order valence-electron chi connectivity index (χ4n) is 2.91. The molecule has 0 unspecified atom stereocenters. The Morgan fingerprint density at radius 1 is 0.547 bits per heavy atom. The zero-order valence-corrected chi connectivity index (χ0v) is 29.9. The lowest BCUT2D eigenvalue weighted by atomic mass is 10.2. The summed E-state index contributed by atoms with van der Waals surface area (Å²) in [7, 11) is -41.7. The van der Waals surface area contributed by atoms with Crippen molar-refractivity contribution in [1.29, 1.82) is 0 Å². The fraction of sp³-hybridized carbons (Fsp3) is 0.588. The molecule has 1 aromatic carbocycles. The van der Waals surface area contributed by atoms with E-state index in [0.717, 1.165) is 0 Å². The van der Waals surface area contributed by atoms with Gasteiger partial charge in [-0.15, -0.1) is 8.25 Å². The molecule has 3 N–H and O–H groups in total. The lowest BCUT2D eigenvalue weighted by Crippen LogP contribution is -2.63. The molecule has 0 aliphatic heterocycles. The van der Waals surface area contributed by atoms with Crippen LogP contribution < -0.4 is 21.9 Å². The fourth-order valence-corrected chi connectivity index (χ4v) is 9.79. The number of nitrogens with one attached hydrogen (secondary N) is 3. The second kappa shape index (κ2) is 14.0. The van der Waals surface area contributed by atoms with Crippen molar-refractivity contribution in [1.82, 2.24) is 13.6 Å². The molecule has 0 bridgehead atoms. The number of hydrogen-bond donors (Lipinski definition) is 3. The average molecular weight is 924 g/mol. The third kappa shape index (κ3) is 9.31. The van der Waals surface area contributed by atoms with E-state index in [1.807, 2.05) is 0 Å². The van der Waals surface area contributed by atoms with Gasteiger partial charge >= 0.3 is 53.1 Å². The number of halogens is 12. The van der Waals surface area contributed by atoms with Crippen LogP contribution in [0.5, 0.6) is 11.5 Å². The molecule has 0 spiro atoms. The van der Waals surface area contributed by atoms with Crippen LogP contribution in [0.15, 0.2) is 18.2 Å². The van der Waals surface area contributed by atoms with Crippen LogP contribution in [-0.4, -0.2) is 102 Å². The highest BCUT2D eigenvalue weighted by atomic mass is 32.3. The van der Waals surface area contributed by atoms with Gasteiger partial charge in [-0.3, -0.25) is 4.79 Å². The Labute approximate surface area is 289 Å². The number of alkyl halides is 12. The molecule has 310 valence electrons. The first-order valence-electron chi connectivity index (χ1n) is 11.9. The molecule has 1 rings (SSSR count). The van der Waals surface area contributed by atoms with E-state index < -0.39 is 129 Å². The molecule has 1 aromatic rings. The van der Waals surface area contributed by atoms with E-state index in [9.17, 15) is 108 Å². The number of rotatable bonds is 18. The molecular formula is C17H17F12N3O15S6. The molecule has 36 heteroatoms. The highest BCUT2D eigenvalue weighted by Gasteiger charge is 2.84. The van der Waals surface area contributed by atoms with Gasteiger partial charge in [0.1, 0.15) is 11.5 Å². The van der Waals surface area contributed by atoms with Gasteiger partial charge in [0.05, 0.1) is 12.5 Å². The summed E-state index contributed by atoms with van der Waals surface area (Å²) in [6.45, 7) is -0.513. The van der Waals surface area contributed by atoms with Crippen LogP contribution in [0.4, 0.5) is 52.7 Å². The van der Waals surface area contributed by atoms with Crippen molar-refractivity contribution in [2.75, 3.05) is 12.5 Å². The van der Waals surface area contributed by atoms with Gasteiger partial charge in [0.15, 0.2) is 0 Å². The van der Waals surface area contributed by atoms with E-state index >= 15 is 0 Å². The van der Waals surface area contributed by atoms with E-state index in [2.05, 4.69) is 8.37 Å². The van der Waals surface area contributed by atoms with E-state index in [-0.39, 0.29) is 32.9 Å². The first kappa shape index (κ1) is 48.1. The summed E-state index contributed by atoms with van der Waals surface area (Å²) < 4.78 is 317. The van der Waals surface area contributed by atoms with E-state index in [1.165, 1.54) is 0 Å². The van der Waals surface area contributed by atoms with E-state index in [1.54, 1.807) is 5.32 Å². The minimum absolute atomic E-state index is 0.0778. The molecule has 0 heterocycles. The van der Waals surface area contributed by atoms with Gasteiger partial charge in [-0.25, -0.2) is 33.7 Å². The third-order valence-electron chi connectivity index (χ3n) is 5.18. The van der Waals surface area contributed by atoms with Crippen LogP contribution in [0.3, 0.4) is 0 Å². The lowest BCUT2D eigenvalue weighted by molar-refractivity contribution is -0.245. The van der Waals surface area contributed by atoms with Crippen molar-refractivity contribution >= 4 is 66.2 Å². The smallest absolute Gasteiger partial charge is 0.378 e. The maximum Gasteiger partial charge on any atom is 0.450 e. The second-order valence-electron chi connectivity index (χ2n) is 9.73. The predicted molar refractivity (Wildman–Crippen MR) is 147 cm³/mol. The van der Waals surface area contributed by atoms with Crippen molar-refractivity contribution in [3.05, 3.63) is 23.8 Å². The highest BCUT2D eigenvalue weighted by Crippen LogP contribution is 2.53. The molecule has 0 aliphatic rings. The zero-order valence-electron chi connectivity index (χ0n) is 25.0. The first-order valence-corrected chi connectivity index (χ1v) is 21.4. The monoisotopic (exact) mass is 923 g/mol. The third-order valence-corrected chi connectivity index (χ3v) is 13.8. The summed E-state index contributed by atoms with van der Waals surface area (Å²) in [5.74, 6) is -20.9. The number of hydrogen-bond acceptors (Lipinski definition) is 15. The van der Waals surface area contributed by atoms with Crippen LogP contribution >= 0.6 is 0 Å². The molecule has 0 fully saturated rings. The van der Waals surface area contributed by atoms with Crippen molar-refractivity contribution in [3.63, 3.8) is 0 Å². The van der Waals surface area contributed by atoms with Crippen LogP contribution in [0.2, 0.25) is 0 Å². The summed E-state index contributed by atoms with van der Waals surface area (Å²) in [6, 6.07) is -0.799. The minimum atomic E-state index is -7.86. The van der Waals surface area contributed by atoms with Crippen molar-refractivity contribution in [2.45, 2.75) is 46.3 Å². The minimum Gasteiger partial charge on any atom is -0.378 e. The largest absolute Gasteiger partial charge is 0.450 e. The molecule has 0 radical (unpaired) electrons. The summed E-state index contributed by atoms with van der Waals surface area (Å²) in [4.78, 5) is 11.2. The lowest BCUT2D eigenvalue weighted by Gasteiger charge is -2.31. The van der Waals surface area contributed by atoms with Crippen molar-refractivity contribution in [3.8, 4) is 11.5 Å². The van der Waals surface area contributed by atoms with Gasteiger partial charge in [0.2, 0.25) is 26.0 Å². The van der Waals surface area contributed by atoms with Gasteiger partial charge < -0.3 is 13.7 Å². The van der Waals surface area contributed by atoms with E-state index in [0.29, 0.717) is 6.92 Å². The molecular weight excluding hydrogens is 907 g/mol. The van der Waals surface area contributed by atoms with Crippen LogP contribution in [0.25, 0.3) is 0 Å². The number of sulfonamides is 4. The van der Waals surface area contributed by atoms with Crippen LogP contribution in [0.1, 0.15) is 12.5 Å². The predicted octanol–water partition coefficient (Wildman–Crippen LogP) is 0.140. The SMILES string of the molecule is CC(=O)NCc1cc(OS(=O)(=O)C(F)(F)C(F)(F)C(F)(F)S(=O)(=O)NS(C)(=O)=O)cc(OS(=O)(=O)C(F)(F)C(F)(F)C(F)(F)S(=O)(=O)NS(C)(=O)=O)c1. The Morgan fingerprint density at radius 2 is 0.830 bits per heavy atom. The maximum absolute atomic E-state index is 14.5. The van der Waals surface area contributed by atoms with Crippen LogP contribution in [0, 0.1) is 0 Å². The molecule has 0 saturated carbocycles. The molecule has 53 heavy (non-hydrogen) atoms. The van der Waals surface area contributed by atoms with E-state index in [4.69, 9.17) is 0 Å². The second-order valence-corrected chi connectivity index (χ2v) is 20.4. The van der Waals surface area contributed by atoms with Gasteiger partial charge in [0, 0.05) is 19.5 Å². The normalized spacial score (nSPS) is 15.2. The summed E-state index contributed by atoms with van der Waals surface area (Å²) >= 11 is 0. The van der Waals surface area contributed by atoms with Gasteiger partial charge in [0.25, 0.3) is 20.0 Å². The van der Waals surface area contributed by atoms with Gasteiger partial charge in [-0.2, -0.15) is 69.5 Å². The number of amides is 1. The standard InChI is InChI=1S/C17H17F12N3O15S6/c1-8(33)30-7-9-4-10(46-52(42,43)16(26,27)12(18,19)14(22,23)50(38,39)31-48(2,34)35)6-11(5-9)47-53(44,45)17(28,29)13(20,21)15(24,25)51(40,41)32-49(3,36)37/h4-6,31-32H,7H2,1-3H3,(H,30,33). The van der Waals surface area contributed by atoms with Crippen molar-refractivity contribution in [2.24, 2.45) is 0 Å². The Morgan fingerprint density at radius 3 is 1.08 bits per heavy atom. The Kier molecular flexibility index (Phi) is 12.7. The zero-order chi connectivity index (χ0) is 42.7. The number of benzene rings is 1. The molecule has 18 nitrogen and oxygen atoms in total. The average Bonchev–Trinajstić information content (AvgIpc) is 2.87.